The second kappa shape index (κ2) is 5.45. The van der Waals surface area contributed by atoms with Gasteiger partial charge in [0, 0.05) is 29.6 Å². The number of amides is 1. The van der Waals surface area contributed by atoms with E-state index in [0.29, 0.717) is 5.56 Å². The Hall–Kier alpha value is -2.16. The van der Waals surface area contributed by atoms with Gasteiger partial charge in [0.05, 0.1) is 0 Å². The van der Waals surface area contributed by atoms with Gasteiger partial charge in [0.1, 0.15) is 0 Å². The monoisotopic (exact) mass is 240 g/mol. The Labute approximate surface area is 107 Å². The number of hydrogen-bond acceptors (Lipinski definition) is 2. The zero-order valence-electron chi connectivity index (χ0n) is 10.6. The Morgan fingerprint density at radius 3 is 2.61 bits per heavy atom. The van der Waals surface area contributed by atoms with Crippen molar-refractivity contribution < 1.29 is 4.79 Å². The number of carbonyl (C=O) groups is 1. The first kappa shape index (κ1) is 12.3. The molecule has 0 atom stereocenters. The summed E-state index contributed by atoms with van der Waals surface area (Å²) in [6, 6.07) is 11.5. The summed E-state index contributed by atoms with van der Waals surface area (Å²) in [7, 11) is 0. The molecule has 1 aromatic heterocycles. The number of carbonyl (C=O) groups excluding carboxylic acids is 1. The van der Waals surface area contributed by atoms with Crippen LogP contribution in [0.5, 0.6) is 0 Å². The van der Waals surface area contributed by atoms with E-state index in [9.17, 15) is 4.79 Å². The SMILES string of the molecule is CC(C)NC(=O)c1ccccc1-c1cccnc1. The largest absolute Gasteiger partial charge is 0.350 e. The van der Waals surface area contributed by atoms with Crippen LogP contribution in [0.25, 0.3) is 11.1 Å². The van der Waals surface area contributed by atoms with Crippen molar-refractivity contribution in [3.05, 3.63) is 54.4 Å². The molecule has 0 aliphatic heterocycles. The minimum Gasteiger partial charge on any atom is -0.350 e. The van der Waals surface area contributed by atoms with Gasteiger partial charge >= 0.3 is 0 Å². The van der Waals surface area contributed by atoms with Crippen molar-refractivity contribution >= 4 is 5.91 Å². The summed E-state index contributed by atoms with van der Waals surface area (Å²) < 4.78 is 0. The summed E-state index contributed by atoms with van der Waals surface area (Å²) in [5.41, 5.74) is 2.54. The quantitative estimate of drug-likeness (QED) is 0.896. The summed E-state index contributed by atoms with van der Waals surface area (Å²) >= 11 is 0. The molecule has 2 aromatic rings. The number of rotatable bonds is 3. The van der Waals surface area contributed by atoms with E-state index in [-0.39, 0.29) is 11.9 Å². The fourth-order valence-corrected chi connectivity index (χ4v) is 1.79. The zero-order chi connectivity index (χ0) is 13.0. The highest BCUT2D eigenvalue weighted by molar-refractivity contribution is 6.00. The predicted molar refractivity (Wildman–Crippen MR) is 72.3 cm³/mol. The Kier molecular flexibility index (Phi) is 3.72. The van der Waals surface area contributed by atoms with Crippen LogP contribution in [0.2, 0.25) is 0 Å². The Balaban J connectivity index is 2.41. The molecule has 1 N–H and O–H groups in total. The lowest BCUT2D eigenvalue weighted by atomic mass is 10.0. The van der Waals surface area contributed by atoms with Gasteiger partial charge in [-0.25, -0.2) is 0 Å². The van der Waals surface area contributed by atoms with Gasteiger partial charge in [0.15, 0.2) is 0 Å². The highest BCUT2D eigenvalue weighted by atomic mass is 16.1. The highest BCUT2D eigenvalue weighted by Gasteiger charge is 2.12. The van der Waals surface area contributed by atoms with Gasteiger partial charge in [0.25, 0.3) is 5.91 Å². The number of aromatic nitrogens is 1. The van der Waals surface area contributed by atoms with Crippen LogP contribution in [0.4, 0.5) is 0 Å². The molecule has 92 valence electrons. The molecular weight excluding hydrogens is 224 g/mol. The third-order valence-corrected chi connectivity index (χ3v) is 2.56. The van der Waals surface area contributed by atoms with Crippen LogP contribution in [-0.2, 0) is 0 Å². The minimum atomic E-state index is -0.0514. The maximum absolute atomic E-state index is 12.1. The second-order valence-corrected chi connectivity index (χ2v) is 4.42. The molecule has 0 aliphatic rings. The van der Waals surface area contributed by atoms with E-state index in [1.807, 2.05) is 50.2 Å². The molecule has 18 heavy (non-hydrogen) atoms. The average Bonchev–Trinajstić information content (AvgIpc) is 2.39. The fourth-order valence-electron chi connectivity index (χ4n) is 1.79. The first-order valence-corrected chi connectivity index (χ1v) is 5.99. The molecule has 0 radical (unpaired) electrons. The molecule has 2 rings (SSSR count). The van der Waals surface area contributed by atoms with E-state index in [0.717, 1.165) is 11.1 Å². The summed E-state index contributed by atoms with van der Waals surface area (Å²) in [6.07, 6.45) is 3.49. The van der Waals surface area contributed by atoms with Crippen molar-refractivity contribution in [1.82, 2.24) is 10.3 Å². The number of nitrogens with zero attached hydrogens (tertiary/aromatic N) is 1. The fraction of sp³-hybridized carbons (Fsp3) is 0.200. The normalized spacial score (nSPS) is 10.4. The summed E-state index contributed by atoms with van der Waals surface area (Å²) in [5, 5.41) is 2.91. The molecule has 0 unspecified atom stereocenters. The van der Waals surface area contributed by atoms with Crippen molar-refractivity contribution in [2.24, 2.45) is 0 Å². The Bertz CT molecular complexity index is 535. The standard InChI is InChI=1S/C15H16N2O/c1-11(2)17-15(18)14-8-4-3-7-13(14)12-6-5-9-16-10-12/h3-11H,1-2H3,(H,17,18). The third kappa shape index (κ3) is 2.74. The zero-order valence-corrected chi connectivity index (χ0v) is 10.6. The van der Waals surface area contributed by atoms with Crippen LogP contribution >= 0.6 is 0 Å². The molecule has 1 aromatic carbocycles. The lowest BCUT2D eigenvalue weighted by Gasteiger charge is -2.12. The molecule has 3 nitrogen and oxygen atoms in total. The van der Waals surface area contributed by atoms with Crippen LogP contribution in [0.1, 0.15) is 24.2 Å². The highest BCUT2D eigenvalue weighted by Crippen LogP contribution is 2.22. The molecule has 0 bridgehead atoms. The van der Waals surface area contributed by atoms with E-state index in [1.165, 1.54) is 0 Å². The van der Waals surface area contributed by atoms with E-state index in [1.54, 1.807) is 12.4 Å². The molecule has 0 saturated carbocycles. The minimum absolute atomic E-state index is 0.0514. The molecule has 0 aliphatic carbocycles. The summed E-state index contributed by atoms with van der Waals surface area (Å²) in [6.45, 7) is 3.90. The van der Waals surface area contributed by atoms with Crippen LogP contribution in [0.15, 0.2) is 48.8 Å². The topological polar surface area (TPSA) is 42.0 Å². The van der Waals surface area contributed by atoms with Gasteiger partial charge in [-0.15, -0.1) is 0 Å². The first-order chi connectivity index (χ1) is 8.68. The van der Waals surface area contributed by atoms with Gasteiger partial charge in [-0.05, 0) is 31.5 Å². The van der Waals surface area contributed by atoms with Crippen molar-refractivity contribution in [3.8, 4) is 11.1 Å². The molecule has 0 saturated heterocycles. The van der Waals surface area contributed by atoms with Crippen LogP contribution in [0, 0.1) is 0 Å². The van der Waals surface area contributed by atoms with E-state index in [2.05, 4.69) is 10.3 Å². The molecule has 1 heterocycles. The van der Waals surface area contributed by atoms with Crippen LogP contribution in [-0.4, -0.2) is 16.9 Å². The molecule has 1 amide bonds. The van der Waals surface area contributed by atoms with Crippen LogP contribution in [0.3, 0.4) is 0 Å². The number of benzene rings is 1. The lowest BCUT2D eigenvalue weighted by molar-refractivity contribution is 0.0944. The Morgan fingerprint density at radius 2 is 1.94 bits per heavy atom. The maximum Gasteiger partial charge on any atom is 0.252 e. The summed E-state index contributed by atoms with van der Waals surface area (Å²) in [5.74, 6) is -0.0514. The van der Waals surface area contributed by atoms with E-state index >= 15 is 0 Å². The lowest BCUT2D eigenvalue weighted by Crippen LogP contribution is -2.30. The second-order valence-electron chi connectivity index (χ2n) is 4.42. The summed E-state index contributed by atoms with van der Waals surface area (Å²) in [4.78, 5) is 16.2. The van der Waals surface area contributed by atoms with Crippen LogP contribution < -0.4 is 5.32 Å². The van der Waals surface area contributed by atoms with Gasteiger partial charge < -0.3 is 5.32 Å². The van der Waals surface area contributed by atoms with Gasteiger partial charge in [-0.1, -0.05) is 24.3 Å². The number of pyridine rings is 1. The van der Waals surface area contributed by atoms with Gasteiger partial charge in [-0.3, -0.25) is 9.78 Å². The van der Waals surface area contributed by atoms with E-state index in [4.69, 9.17) is 0 Å². The predicted octanol–water partition coefficient (Wildman–Crippen LogP) is 2.89. The van der Waals surface area contributed by atoms with Crippen molar-refractivity contribution in [2.75, 3.05) is 0 Å². The Morgan fingerprint density at radius 1 is 1.17 bits per heavy atom. The van der Waals surface area contributed by atoms with Crippen molar-refractivity contribution in [1.29, 1.82) is 0 Å². The molecule has 0 fully saturated rings. The molecular formula is C15H16N2O. The molecule has 0 spiro atoms. The van der Waals surface area contributed by atoms with Gasteiger partial charge in [0.2, 0.25) is 0 Å². The number of nitrogens with one attached hydrogen (secondary N) is 1. The van der Waals surface area contributed by atoms with Crippen molar-refractivity contribution in [3.63, 3.8) is 0 Å². The van der Waals surface area contributed by atoms with E-state index < -0.39 is 0 Å². The van der Waals surface area contributed by atoms with Gasteiger partial charge in [-0.2, -0.15) is 0 Å². The third-order valence-electron chi connectivity index (χ3n) is 2.56. The smallest absolute Gasteiger partial charge is 0.252 e. The number of hydrogen-bond donors (Lipinski definition) is 1. The maximum atomic E-state index is 12.1. The first-order valence-electron chi connectivity index (χ1n) is 5.99. The van der Waals surface area contributed by atoms with Crippen molar-refractivity contribution in [2.45, 2.75) is 19.9 Å². The average molecular weight is 240 g/mol. The molecule has 3 heteroatoms.